The average Bonchev–Trinajstić information content (AvgIpc) is 2.96. The van der Waals surface area contributed by atoms with Gasteiger partial charge in [-0.25, -0.2) is 0 Å². The van der Waals surface area contributed by atoms with Gasteiger partial charge in [-0.05, 0) is 19.8 Å². The summed E-state index contributed by atoms with van der Waals surface area (Å²) in [6.45, 7) is 4.66. The van der Waals surface area contributed by atoms with Crippen molar-refractivity contribution in [2.24, 2.45) is 11.8 Å². The highest BCUT2D eigenvalue weighted by Gasteiger charge is 2.54. The maximum absolute atomic E-state index is 11.7. The van der Waals surface area contributed by atoms with Gasteiger partial charge in [0.25, 0.3) is 0 Å². The van der Waals surface area contributed by atoms with Gasteiger partial charge in [-0.1, -0.05) is 17.7 Å². The summed E-state index contributed by atoms with van der Waals surface area (Å²) in [5.74, 6) is -1.62. The van der Waals surface area contributed by atoms with Crippen LogP contribution in [-0.4, -0.2) is 49.7 Å². The minimum absolute atomic E-state index is 0.145. The predicted octanol–water partition coefficient (Wildman–Crippen LogP) is -0.761. The number of hydrogen-bond donors (Lipinski definition) is 2. The number of hydrogen-bond acceptors (Lipinski definition) is 6. The first kappa shape index (κ1) is 16.1. The van der Waals surface area contributed by atoms with Crippen LogP contribution in [0.3, 0.4) is 0 Å². The molecule has 6 unspecified atom stereocenters. The van der Waals surface area contributed by atoms with Gasteiger partial charge in [0.05, 0.1) is 6.10 Å². The Morgan fingerprint density at radius 3 is 2.67 bits per heavy atom. The lowest BCUT2D eigenvalue weighted by Crippen LogP contribution is -2.44. The Hall–Kier alpha value is -1.25. The summed E-state index contributed by atoms with van der Waals surface area (Å²) < 4.78 is 27.2. The van der Waals surface area contributed by atoms with Crippen molar-refractivity contribution < 1.29 is 28.2 Å². The first-order valence-corrected chi connectivity index (χ1v) is 7.84. The second-order valence-electron chi connectivity index (χ2n) is 5.60. The highest BCUT2D eigenvalue weighted by Crippen LogP contribution is 2.48. The smallest absolute Gasteiger partial charge is 0.325 e. The molecule has 21 heavy (non-hydrogen) atoms. The third kappa shape index (κ3) is 3.33. The number of carbonyl (C=O) groups excluding carboxylic acids is 2. The molecule has 0 saturated heterocycles. The maximum atomic E-state index is 11.7. The number of aliphatic hydroxyl groups excluding tert-OH is 1. The molecule has 2 N–H and O–H groups in total. The molecule has 0 aromatic rings. The van der Waals surface area contributed by atoms with Gasteiger partial charge >= 0.3 is 5.97 Å². The molecule has 0 radical (unpaired) electrons. The standard InChI is InChI=1S/C13H19NO6S/c1-6(2)13(17)14-5-10(15)20-12-7-3-8(11(12)16)9(4-7)21(18)19/h7-9,11-12,16H,1,3-5H2,2H3,(H,14,17)(H,18,19)/p-1. The first-order valence-electron chi connectivity index (χ1n) is 6.70. The van der Waals surface area contributed by atoms with Gasteiger partial charge in [-0.15, -0.1) is 0 Å². The van der Waals surface area contributed by atoms with Crippen molar-refractivity contribution in [1.82, 2.24) is 5.32 Å². The zero-order valence-electron chi connectivity index (χ0n) is 11.6. The molecule has 2 fully saturated rings. The number of amides is 1. The van der Waals surface area contributed by atoms with Crippen molar-refractivity contribution in [3.63, 3.8) is 0 Å². The molecule has 1 amide bonds. The topological polar surface area (TPSA) is 116 Å². The molecule has 0 aromatic carbocycles. The van der Waals surface area contributed by atoms with E-state index in [1.54, 1.807) is 0 Å². The number of nitrogens with one attached hydrogen (secondary N) is 1. The summed E-state index contributed by atoms with van der Waals surface area (Å²) in [7, 11) is 0. The van der Waals surface area contributed by atoms with Gasteiger partial charge in [0.2, 0.25) is 5.91 Å². The highest BCUT2D eigenvalue weighted by molar-refractivity contribution is 7.79. The Balaban J connectivity index is 1.85. The second-order valence-corrected chi connectivity index (χ2v) is 6.73. The van der Waals surface area contributed by atoms with E-state index in [-0.39, 0.29) is 24.0 Å². The Kier molecular flexibility index (Phi) is 4.80. The predicted molar refractivity (Wildman–Crippen MR) is 72.6 cm³/mol. The minimum Gasteiger partial charge on any atom is -0.772 e. The van der Waals surface area contributed by atoms with Crippen LogP contribution in [0.5, 0.6) is 0 Å². The van der Waals surface area contributed by atoms with Crippen molar-refractivity contribution in [3.05, 3.63) is 12.2 Å². The summed E-state index contributed by atoms with van der Waals surface area (Å²) in [4.78, 5) is 22.9. The van der Waals surface area contributed by atoms with E-state index in [9.17, 15) is 23.5 Å². The van der Waals surface area contributed by atoms with E-state index in [1.165, 1.54) is 6.92 Å². The van der Waals surface area contributed by atoms with Gasteiger partial charge in [0.15, 0.2) is 0 Å². The number of aliphatic hydroxyl groups is 1. The Morgan fingerprint density at radius 2 is 2.14 bits per heavy atom. The molecule has 7 nitrogen and oxygen atoms in total. The van der Waals surface area contributed by atoms with Gasteiger partial charge in [0.1, 0.15) is 12.6 Å². The third-order valence-corrected chi connectivity index (χ3v) is 5.16. The van der Waals surface area contributed by atoms with Crippen molar-refractivity contribution in [2.75, 3.05) is 6.54 Å². The summed E-state index contributed by atoms with van der Waals surface area (Å²) >= 11 is -2.22. The average molecular weight is 316 g/mol. The van der Waals surface area contributed by atoms with Crippen molar-refractivity contribution >= 4 is 23.0 Å². The molecule has 2 rings (SSSR count). The molecule has 2 aliphatic carbocycles. The SMILES string of the molecule is C=C(C)C(=O)NCC(=O)OC1C2CC(C1O)C(S(=O)[O-])C2. The number of ether oxygens (including phenoxy) is 1. The summed E-state index contributed by atoms with van der Waals surface area (Å²) in [6, 6.07) is 0. The van der Waals surface area contributed by atoms with E-state index < -0.39 is 40.4 Å². The number of fused-ring (bicyclic) bond motifs is 2. The van der Waals surface area contributed by atoms with Gasteiger partial charge in [0, 0.05) is 22.7 Å². The van der Waals surface area contributed by atoms with Gasteiger partial charge in [-0.3, -0.25) is 13.8 Å². The maximum Gasteiger partial charge on any atom is 0.325 e. The molecule has 2 bridgehead atoms. The molecule has 2 aliphatic rings. The third-order valence-electron chi connectivity index (χ3n) is 4.12. The van der Waals surface area contributed by atoms with Crippen LogP contribution in [0.4, 0.5) is 0 Å². The summed E-state index contributed by atoms with van der Waals surface area (Å²) in [5.41, 5.74) is 0.281. The molecule has 0 heterocycles. The second kappa shape index (κ2) is 6.25. The van der Waals surface area contributed by atoms with Crippen molar-refractivity contribution in [2.45, 2.75) is 37.2 Å². The van der Waals surface area contributed by atoms with Crippen LogP contribution in [0.2, 0.25) is 0 Å². The fourth-order valence-corrected chi connectivity index (χ4v) is 4.07. The van der Waals surface area contributed by atoms with Crippen LogP contribution >= 0.6 is 0 Å². The lowest BCUT2D eigenvalue weighted by Gasteiger charge is -2.33. The molecule has 0 aromatic heterocycles. The van der Waals surface area contributed by atoms with Crippen molar-refractivity contribution in [3.8, 4) is 0 Å². The van der Waals surface area contributed by atoms with Gasteiger partial charge < -0.3 is 19.7 Å². The highest BCUT2D eigenvalue weighted by atomic mass is 32.2. The van der Waals surface area contributed by atoms with Gasteiger partial charge in [-0.2, -0.15) is 0 Å². The van der Waals surface area contributed by atoms with Crippen LogP contribution in [0.1, 0.15) is 19.8 Å². The fourth-order valence-electron chi connectivity index (χ4n) is 3.10. The number of esters is 1. The molecular weight excluding hydrogens is 298 g/mol. The normalized spacial score (nSPS) is 35.3. The molecule has 0 spiro atoms. The largest absolute Gasteiger partial charge is 0.772 e. The van der Waals surface area contributed by atoms with E-state index in [4.69, 9.17) is 4.74 Å². The Bertz CT molecular complexity index is 491. The molecule has 6 atom stereocenters. The van der Waals surface area contributed by atoms with Crippen LogP contribution in [0, 0.1) is 11.8 Å². The van der Waals surface area contributed by atoms with E-state index in [1.807, 2.05) is 0 Å². The fraction of sp³-hybridized carbons (Fsp3) is 0.692. The number of rotatable bonds is 5. The first-order chi connectivity index (χ1) is 9.81. The molecule has 8 heteroatoms. The summed E-state index contributed by atoms with van der Waals surface area (Å²) in [6.07, 6.45) is -0.722. The lowest BCUT2D eigenvalue weighted by molar-refractivity contribution is -0.158. The van der Waals surface area contributed by atoms with E-state index >= 15 is 0 Å². The van der Waals surface area contributed by atoms with E-state index in [2.05, 4.69) is 11.9 Å². The molecular formula is C13H18NO6S-. The molecule has 0 aliphatic heterocycles. The quantitative estimate of drug-likeness (QED) is 0.391. The molecule has 2 saturated carbocycles. The van der Waals surface area contributed by atoms with Crippen LogP contribution in [0.25, 0.3) is 0 Å². The van der Waals surface area contributed by atoms with Crippen molar-refractivity contribution in [1.29, 1.82) is 0 Å². The monoisotopic (exact) mass is 316 g/mol. The van der Waals surface area contributed by atoms with E-state index in [0.717, 1.165) is 0 Å². The Morgan fingerprint density at radius 1 is 1.48 bits per heavy atom. The minimum atomic E-state index is -2.22. The van der Waals surface area contributed by atoms with E-state index in [0.29, 0.717) is 12.8 Å². The zero-order valence-corrected chi connectivity index (χ0v) is 12.4. The van der Waals surface area contributed by atoms with Crippen LogP contribution < -0.4 is 5.32 Å². The zero-order chi connectivity index (χ0) is 15.7. The summed E-state index contributed by atoms with van der Waals surface area (Å²) in [5, 5.41) is 11.8. The number of carbonyl (C=O) groups is 2. The lowest BCUT2D eigenvalue weighted by atomic mass is 9.94. The van der Waals surface area contributed by atoms with Crippen LogP contribution in [-0.2, 0) is 25.4 Å². The molecule has 118 valence electrons. The van der Waals surface area contributed by atoms with Crippen LogP contribution in [0.15, 0.2) is 12.2 Å². The Labute approximate surface area is 125 Å².